The largest absolute Gasteiger partial charge is 0.588 e. The molecule has 0 bridgehead atoms. The van der Waals surface area contributed by atoms with Crippen molar-refractivity contribution in [2.45, 2.75) is 0 Å². The zero-order chi connectivity index (χ0) is 13.3. The van der Waals surface area contributed by atoms with Crippen LogP contribution in [0.1, 0.15) is 0 Å². The third-order valence-electron chi connectivity index (χ3n) is 1.30. The lowest BCUT2D eigenvalue weighted by Crippen LogP contribution is -2.55. The number of hydrogen-bond acceptors (Lipinski definition) is 9. The molecule has 0 unspecified atom stereocenters. The van der Waals surface area contributed by atoms with E-state index in [1.165, 1.54) is 0 Å². The second-order valence-corrected chi connectivity index (χ2v) is 2.20. The van der Waals surface area contributed by atoms with Gasteiger partial charge in [-0.25, -0.2) is 20.2 Å². The van der Waals surface area contributed by atoms with Crippen LogP contribution in [0, 0.1) is 40.5 Å². The van der Waals surface area contributed by atoms with E-state index in [4.69, 9.17) is 0 Å². The summed E-state index contributed by atoms with van der Waals surface area (Å²) < 4.78 is 0. The molecule has 1 rings (SSSR count). The van der Waals surface area contributed by atoms with Gasteiger partial charge in [0, 0.05) is 0 Å². The summed E-state index contributed by atoms with van der Waals surface area (Å²) in [4.78, 5) is 39.8. The van der Waals surface area contributed by atoms with Gasteiger partial charge in [0.15, 0.2) is 5.10 Å². The summed E-state index contributed by atoms with van der Waals surface area (Å²) in [7, 11) is 0. The second kappa shape index (κ2) is 3.67. The fraction of sp³-hybridized carbons (Fsp3) is 0. The highest BCUT2D eigenvalue weighted by Crippen LogP contribution is 2.15. The molecule has 0 fully saturated rings. The maximum absolute atomic E-state index is 10.4. The molecule has 0 aromatic carbocycles. The topological polar surface area (TPSA) is 195 Å². The maximum Gasteiger partial charge on any atom is 0.588 e. The van der Waals surface area contributed by atoms with E-state index in [0.717, 1.165) is 0 Å². The summed E-state index contributed by atoms with van der Waals surface area (Å²) in [5.74, 6) is -1.69. The minimum Gasteiger partial charge on any atom is -0.389 e. The zero-order valence-electron chi connectivity index (χ0n) is 7.34. The van der Waals surface area contributed by atoms with Gasteiger partial charge in [-0.1, -0.05) is 0 Å². The molecular formula is CN8O8. The van der Waals surface area contributed by atoms with Crippen LogP contribution in [-0.2, 0) is 0 Å². The van der Waals surface area contributed by atoms with E-state index in [-0.39, 0.29) is 0 Å². The van der Waals surface area contributed by atoms with E-state index in [0.29, 0.717) is 0 Å². The molecule has 1 heterocycles. The first-order chi connectivity index (χ1) is 7.77. The summed E-state index contributed by atoms with van der Waals surface area (Å²) in [6, 6.07) is 0. The van der Waals surface area contributed by atoms with E-state index in [1.807, 2.05) is 0 Å². The Morgan fingerprint density at radius 2 is 1.41 bits per heavy atom. The van der Waals surface area contributed by atoms with Crippen LogP contribution in [0.3, 0.4) is 0 Å². The van der Waals surface area contributed by atoms with Crippen LogP contribution in [0.2, 0.25) is 0 Å². The Hall–Kier alpha value is -3.33. The quantitative estimate of drug-likeness (QED) is 0.392. The Kier molecular flexibility index (Phi) is 2.54. The van der Waals surface area contributed by atoms with Gasteiger partial charge in [-0.05, 0) is 4.92 Å². The maximum atomic E-state index is 10.4. The predicted octanol–water partition coefficient (Wildman–Crippen LogP) is -2.14. The number of guanidine groups is 1. The number of nitrogens with zero attached hydrogens (tertiary/aromatic N) is 8. The first kappa shape index (κ1) is 11.7. The fourth-order valence-electron chi connectivity index (χ4n) is 0.800. The van der Waals surface area contributed by atoms with E-state index < -0.39 is 41.6 Å². The van der Waals surface area contributed by atoms with Gasteiger partial charge in [0.25, 0.3) is 10.3 Å². The lowest BCUT2D eigenvalue weighted by Gasteiger charge is -2.07. The average molecular weight is 252 g/mol. The molecule has 0 saturated heterocycles. The molecule has 16 heteroatoms. The Morgan fingerprint density at radius 1 is 0.882 bits per heavy atom. The van der Waals surface area contributed by atoms with Gasteiger partial charge in [0.05, 0.1) is 5.03 Å². The van der Waals surface area contributed by atoms with Crippen LogP contribution in [0.15, 0.2) is 5.10 Å². The molecule has 1 aliphatic rings. The van der Waals surface area contributed by atoms with Crippen LogP contribution < -0.4 is 0 Å². The third kappa shape index (κ3) is 1.75. The van der Waals surface area contributed by atoms with Crippen molar-refractivity contribution in [2.75, 3.05) is 0 Å². The van der Waals surface area contributed by atoms with Crippen LogP contribution >= 0.6 is 0 Å². The zero-order valence-corrected chi connectivity index (χ0v) is 7.34. The molecule has 0 atom stereocenters. The van der Waals surface area contributed by atoms with Crippen molar-refractivity contribution in [1.82, 2.24) is 15.6 Å². The Labute approximate surface area is 88.3 Å². The van der Waals surface area contributed by atoms with Gasteiger partial charge >= 0.3 is 5.96 Å². The van der Waals surface area contributed by atoms with Gasteiger partial charge < -0.3 is 20.2 Å². The molecule has 0 saturated carbocycles. The summed E-state index contributed by atoms with van der Waals surface area (Å²) >= 11 is 0. The molecular weight excluding hydrogens is 252 g/mol. The van der Waals surface area contributed by atoms with Crippen molar-refractivity contribution in [1.29, 1.82) is 0 Å². The predicted molar refractivity (Wildman–Crippen MR) is 40.9 cm³/mol. The Bertz CT molecular complexity index is 439. The van der Waals surface area contributed by atoms with Crippen molar-refractivity contribution in [3.63, 3.8) is 0 Å². The second-order valence-electron chi connectivity index (χ2n) is 2.20. The molecule has 0 radical (unpaired) electrons. The minimum atomic E-state index is -1.69. The lowest BCUT2D eigenvalue weighted by molar-refractivity contribution is -0.909. The van der Waals surface area contributed by atoms with Crippen molar-refractivity contribution in [2.24, 2.45) is 5.10 Å². The van der Waals surface area contributed by atoms with E-state index in [2.05, 4.69) is 5.10 Å². The number of hydrazine groups is 5. The van der Waals surface area contributed by atoms with Gasteiger partial charge in [0.1, 0.15) is 0 Å². The first-order valence-corrected chi connectivity index (χ1v) is 3.33. The molecule has 17 heavy (non-hydrogen) atoms. The van der Waals surface area contributed by atoms with Gasteiger partial charge in [0.2, 0.25) is 15.4 Å². The molecule has 1 aliphatic heterocycles. The molecule has 92 valence electrons. The standard InChI is InChI=1S/CN8O8/c10-4(11)1-2-5(8(14)15)6(9(16)17)3(1)7(12)13. The van der Waals surface area contributed by atoms with Crippen molar-refractivity contribution in [3.05, 3.63) is 40.5 Å². The van der Waals surface area contributed by atoms with Crippen LogP contribution in [0.4, 0.5) is 0 Å². The monoisotopic (exact) mass is 252 g/mol. The molecule has 0 spiro atoms. The molecule has 16 nitrogen and oxygen atoms in total. The normalized spacial score (nSPS) is 14.6. The highest BCUT2D eigenvalue weighted by Gasteiger charge is 2.65. The van der Waals surface area contributed by atoms with Crippen molar-refractivity contribution >= 4 is 5.96 Å². The molecule has 0 amide bonds. The number of hydrazone groups is 1. The van der Waals surface area contributed by atoms with Gasteiger partial charge in [-0.2, -0.15) is 0 Å². The van der Waals surface area contributed by atoms with Crippen LogP contribution in [0.5, 0.6) is 0 Å². The average Bonchev–Trinajstić information content (AvgIpc) is 2.56. The fourth-order valence-corrected chi connectivity index (χ4v) is 0.800. The lowest BCUT2D eigenvalue weighted by atomic mass is 11.0. The SMILES string of the molecule is O=[N+]([O-])C1=NN([N+](=O)[O-])N([N+](=O)[O-])N1[N+](=O)[O-]. The number of hydrogen-bond donors (Lipinski definition) is 0. The first-order valence-electron chi connectivity index (χ1n) is 3.33. The summed E-state index contributed by atoms with van der Waals surface area (Å²) in [5, 5.41) is 36.6. The highest BCUT2D eigenvalue weighted by molar-refractivity contribution is 5.70. The Balaban J connectivity index is 3.28. The van der Waals surface area contributed by atoms with Crippen molar-refractivity contribution < 1.29 is 20.0 Å². The summed E-state index contributed by atoms with van der Waals surface area (Å²) in [5.41, 5.74) is 0. The van der Waals surface area contributed by atoms with E-state index in [1.54, 1.807) is 0 Å². The molecule has 0 aromatic heterocycles. The summed E-state index contributed by atoms with van der Waals surface area (Å²) in [6.45, 7) is 0. The van der Waals surface area contributed by atoms with Gasteiger partial charge in [-0.15, -0.1) is 0 Å². The number of nitro groups is 4. The number of rotatable bonds is 3. The highest BCUT2D eigenvalue weighted by atomic mass is 16.8. The molecule has 0 aliphatic carbocycles. The smallest absolute Gasteiger partial charge is 0.389 e. The van der Waals surface area contributed by atoms with E-state index in [9.17, 15) is 40.5 Å². The Morgan fingerprint density at radius 3 is 1.71 bits per heavy atom. The van der Waals surface area contributed by atoms with Crippen molar-refractivity contribution in [3.8, 4) is 0 Å². The van der Waals surface area contributed by atoms with Gasteiger partial charge in [-0.3, -0.25) is 0 Å². The molecule has 0 aromatic rings. The molecule has 0 N–H and O–H groups in total. The van der Waals surface area contributed by atoms with Crippen LogP contribution in [-0.4, -0.2) is 41.6 Å². The minimum absolute atomic E-state index is 0.749. The third-order valence-corrected chi connectivity index (χ3v) is 1.30. The van der Waals surface area contributed by atoms with Crippen LogP contribution in [0.25, 0.3) is 0 Å². The van der Waals surface area contributed by atoms with E-state index >= 15 is 0 Å². The summed E-state index contributed by atoms with van der Waals surface area (Å²) in [6.07, 6.45) is 0.